The van der Waals surface area contributed by atoms with Crippen LogP contribution in [0.5, 0.6) is 0 Å². The number of rotatable bonds is 3. The number of nitrogens with one attached hydrogen (secondary N) is 1. The molecule has 2 atom stereocenters. The van der Waals surface area contributed by atoms with Crippen LogP contribution in [0, 0.1) is 0 Å². The van der Waals surface area contributed by atoms with Gasteiger partial charge in [0.05, 0.1) is 6.04 Å². The molecule has 0 fully saturated rings. The molecular formula is C27H23NO. The van der Waals surface area contributed by atoms with Gasteiger partial charge in [-0.2, -0.15) is 0 Å². The molecule has 2 heteroatoms. The summed E-state index contributed by atoms with van der Waals surface area (Å²) in [5, 5.41) is 8.13. The van der Waals surface area contributed by atoms with Gasteiger partial charge in [-0.3, -0.25) is 4.79 Å². The third-order valence-corrected chi connectivity index (χ3v) is 6.12. The topological polar surface area (TPSA) is 29.1 Å². The summed E-state index contributed by atoms with van der Waals surface area (Å²) in [6.07, 6.45) is 3.28. The molecule has 0 saturated heterocycles. The van der Waals surface area contributed by atoms with Crippen LogP contribution in [0.1, 0.15) is 41.5 Å². The lowest BCUT2D eigenvalue weighted by Gasteiger charge is -2.33. The number of benzene rings is 4. The van der Waals surface area contributed by atoms with Gasteiger partial charge < -0.3 is 5.32 Å². The molecule has 1 amide bonds. The Labute approximate surface area is 170 Å². The fourth-order valence-electron chi connectivity index (χ4n) is 4.67. The van der Waals surface area contributed by atoms with Crippen molar-refractivity contribution in [2.75, 3.05) is 0 Å². The quantitative estimate of drug-likeness (QED) is 0.419. The lowest BCUT2D eigenvalue weighted by atomic mass is 9.75. The molecule has 0 radical (unpaired) electrons. The molecule has 1 aliphatic rings. The van der Waals surface area contributed by atoms with Crippen molar-refractivity contribution in [1.29, 1.82) is 0 Å². The van der Waals surface area contributed by atoms with Crippen molar-refractivity contribution in [1.82, 2.24) is 5.32 Å². The zero-order valence-electron chi connectivity index (χ0n) is 16.3. The average molecular weight is 377 g/mol. The maximum atomic E-state index is 12.0. The van der Waals surface area contributed by atoms with Crippen molar-refractivity contribution in [3.8, 4) is 0 Å². The van der Waals surface area contributed by atoms with Gasteiger partial charge in [-0.05, 0) is 63.2 Å². The van der Waals surface area contributed by atoms with Gasteiger partial charge in [-0.25, -0.2) is 0 Å². The van der Waals surface area contributed by atoms with E-state index >= 15 is 0 Å². The summed E-state index contributed by atoms with van der Waals surface area (Å²) in [7, 11) is 0. The molecule has 29 heavy (non-hydrogen) atoms. The van der Waals surface area contributed by atoms with Crippen LogP contribution in [0.15, 0.2) is 91.5 Å². The van der Waals surface area contributed by atoms with Gasteiger partial charge >= 0.3 is 0 Å². The standard InChI is InChI=1S/C27H23NO/c1-2-27(29)28-26-14-13-23(22-12-11-18-7-3-4-8-19(18)15-22)24-16-20-9-5-6-10-21(20)17-25(24)26/h2-12,15-17,23,26H,1,13-14H2,(H,28,29)/t23-,26-/m0/s1. The average Bonchev–Trinajstić information content (AvgIpc) is 2.77. The number of carbonyl (C=O) groups is 1. The molecular weight excluding hydrogens is 354 g/mol. The van der Waals surface area contributed by atoms with Crippen LogP contribution < -0.4 is 5.32 Å². The predicted octanol–water partition coefficient (Wildman–Crippen LogP) is 6.26. The molecule has 1 aliphatic carbocycles. The lowest BCUT2D eigenvalue weighted by molar-refractivity contribution is -0.117. The van der Waals surface area contributed by atoms with Gasteiger partial charge in [0.15, 0.2) is 0 Å². The Morgan fingerprint density at radius 2 is 1.41 bits per heavy atom. The number of hydrogen-bond donors (Lipinski definition) is 1. The Morgan fingerprint density at radius 1 is 0.793 bits per heavy atom. The van der Waals surface area contributed by atoms with E-state index in [1.807, 2.05) is 0 Å². The lowest BCUT2D eigenvalue weighted by Crippen LogP contribution is -2.30. The van der Waals surface area contributed by atoms with Crippen LogP contribution in [-0.4, -0.2) is 5.91 Å². The summed E-state index contributed by atoms with van der Waals surface area (Å²) in [6, 6.07) is 28.4. The van der Waals surface area contributed by atoms with Crippen LogP contribution in [0.25, 0.3) is 21.5 Å². The van der Waals surface area contributed by atoms with Crippen LogP contribution in [0.3, 0.4) is 0 Å². The maximum Gasteiger partial charge on any atom is 0.243 e. The van der Waals surface area contributed by atoms with E-state index in [1.165, 1.54) is 44.3 Å². The van der Waals surface area contributed by atoms with Crippen molar-refractivity contribution < 1.29 is 4.79 Å². The largest absolute Gasteiger partial charge is 0.346 e. The van der Waals surface area contributed by atoms with E-state index in [4.69, 9.17) is 0 Å². The zero-order chi connectivity index (χ0) is 19.8. The first-order valence-electron chi connectivity index (χ1n) is 10.2. The van der Waals surface area contributed by atoms with Crippen LogP contribution in [0.2, 0.25) is 0 Å². The maximum absolute atomic E-state index is 12.0. The van der Waals surface area contributed by atoms with Crippen LogP contribution in [0.4, 0.5) is 0 Å². The second kappa shape index (κ2) is 7.21. The summed E-state index contributed by atoms with van der Waals surface area (Å²) < 4.78 is 0. The second-order valence-corrected chi connectivity index (χ2v) is 7.83. The Balaban J connectivity index is 1.65. The Bertz CT molecular complexity index is 1240. The molecule has 0 unspecified atom stereocenters. The highest BCUT2D eigenvalue weighted by Crippen LogP contribution is 2.43. The smallest absolute Gasteiger partial charge is 0.243 e. The van der Waals surface area contributed by atoms with Gasteiger partial charge in [0.2, 0.25) is 5.91 Å². The third-order valence-electron chi connectivity index (χ3n) is 6.12. The van der Waals surface area contributed by atoms with E-state index in [0.717, 1.165) is 12.8 Å². The van der Waals surface area contributed by atoms with Gasteiger partial charge in [0.1, 0.15) is 0 Å². The third kappa shape index (κ3) is 3.21. The van der Waals surface area contributed by atoms with Gasteiger partial charge in [0.25, 0.3) is 0 Å². The Morgan fingerprint density at radius 3 is 2.10 bits per heavy atom. The van der Waals surface area contributed by atoms with E-state index in [9.17, 15) is 4.79 Å². The molecule has 0 heterocycles. The van der Waals surface area contributed by atoms with E-state index in [-0.39, 0.29) is 11.9 Å². The van der Waals surface area contributed by atoms with E-state index in [0.29, 0.717) is 5.92 Å². The zero-order valence-corrected chi connectivity index (χ0v) is 16.3. The molecule has 5 rings (SSSR count). The first kappa shape index (κ1) is 17.7. The van der Waals surface area contributed by atoms with Crippen molar-refractivity contribution in [2.45, 2.75) is 24.8 Å². The molecule has 4 aromatic carbocycles. The number of carbonyl (C=O) groups excluding carboxylic acids is 1. The van der Waals surface area contributed by atoms with Gasteiger partial charge in [-0.15, -0.1) is 0 Å². The molecule has 4 aromatic rings. The van der Waals surface area contributed by atoms with Crippen molar-refractivity contribution in [2.24, 2.45) is 0 Å². The van der Waals surface area contributed by atoms with Crippen molar-refractivity contribution in [3.05, 3.63) is 108 Å². The molecule has 142 valence electrons. The highest BCUT2D eigenvalue weighted by Gasteiger charge is 2.29. The Hall–Kier alpha value is -3.39. The monoisotopic (exact) mass is 377 g/mol. The van der Waals surface area contributed by atoms with E-state index in [1.54, 1.807) is 0 Å². The summed E-state index contributed by atoms with van der Waals surface area (Å²) in [5.74, 6) is 0.217. The molecule has 0 spiro atoms. The summed E-state index contributed by atoms with van der Waals surface area (Å²) in [4.78, 5) is 12.0. The van der Waals surface area contributed by atoms with Gasteiger partial charge in [-0.1, -0.05) is 79.4 Å². The molecule has 2 nitrogen and oxygen atoms in total. The minimum atomic E-state index is -0.113. The fourth-order valence-corrected chi connectivity index (χ4v) is 4.67. The van der Waals surface area contributed by atoms with Gasteiger partial charge in [0, 0.05) is 5.92 Å². The molecule has 0 aromatic heterocycles. The normalized spacial score (nSPS) is 18.3. The molecule has 0 saturated carbocycles. The minimum absolute atomic E-state index is 0.0248. The van der Waals surface area contributed by atoms with Crippen molar-refractivity contribution >= 4 is 27.5 Å². The molecule has 0 aliphatic heterocycles. The molecule has 0 bridgehead atoms. The SMILES string of the molecule is C=CC(=O)N[C@H]1CC[C@@H](c2ccc3ccccc3c2)c2cc3ccccc3cc21. The van der Waals surface area contributed by atoms with E-state index in [2.05, 4.69) is 90.8 Å². The summed E-state index contributed by atoms with van der Waals surface area (Å²) >= 11 is 0. The highest BCUT2D eigenvalue weighted by molar-refractivity contribution is 5.88. The summed E-state index contributed by atoms with van der Waals surface area (Å²) in [6.45, 7) is 3.61. The number of amides is 1. The first-order valence-corrected chi connectivity index (χ1v) is 10.2. The highest BCUT2D eigenvalue weighted by atomic mass is 16.1. The summed E-state index contributed by atoms with van der Waals surface area (Å²) in [5.41, 5.74) is 3.89. The van der Waals surface area contributed by atoms with E-state index < -0.39 is 0 Å². The Kier molecular flexibility index (Phi) is 4.40. The fraction of sp³-hybridized carbons (Fsp3) is 0.148. The number of fused-ring (bicyclic) bond motifs is 3. The predicted molar refractivity (Wildman–Crippen MR) is 120 cm³/mol. The van der Waals surface area contributed by atoms with Crippen LogP contribution >= 0.6 is 0 Å². The van der Waals surface area contributed by atoms with Crippen molar-refractivity contribution in [3.63, 3.8) is 0 Å². The van der Waals surface area contributed by atoms with Crippen LogP contribution in [-0.2, 0) is 4.79 Å². The minimum Gasteiger partial charge on any atom is -0.346 e. The second-order valence-electron chi connectivity index (χ2n) is 7.83. The molecule has 1 N–H and O–H groups in total. The first-order chi connectivity index (χ1) is 14.2. The number of hydrogen-bond acceptors (Lipinski definition) is 1.